The molecule has 0 spiro atoms. The van der Waals surface area contributed by atoms with E-state index >= 15 is 0 Å². The van der Waals surface area contributed by atoms with Crippen molar-refractivity contribution in [2.75, 3.05) is 24.3 Å². The van der Waals surface area contributed by atoms with Crippen molar-refractivity contribution >= 4 is 34.1 Å². The highest BCUT2D eigenvalue weighted by Crippen LogP contribution is 2.29. The number of rotatable bonds is 2. The summed E-state index contributed by atoms with van der Waals surface area (Å²) in [6.07, 6.45) is 1.10. The van der Waals surface area contributed by atoms with Crippen molar-refractivity contribution in [3.63, 3.8) is 0 Å². The third-order valence-electron chi connectivity index (χ3n) is 6.93. The van der Waals surface area contributed by atoms with Crippen molar-refractivity contribution in [2.45, 2.75) is 32.4 Å². The summed E-state index contributed by atoms with van der Waals surface area (Å²) >= 11 is 0. The fourth-order valence-electron chi connectivity index (χ4n) is 4.92. The molecule has 3 aromatic carbocycles. The standard InChI is InChI=1S/C30H30N4O4/c1-18-13-22-8-10-25(18)19(2)17-38-30(37)33-23-6-4-5-20(14-23)16-34(3)29(36)27(22)32-24-9-7-21-11-12-31-28(35)26(21)15-24/h4-15,19,27,32H,16-17H2,1-3H3,(H,31,35)(H,33,37)/t19?,27-/m1/s1. The molecule has 8 nitrogen and oxygen atoms in total. The summed E-state index contributed by atoms with van der Waals surface area (Å²) in [5, 5.41) is 7.53. The number of anilines is 2. The lowest BCUT2D eigenvalue weighted by Crippen LogP contribution is -2.35. The molecular weight excluding hydrogens is 480 g/mol. The fourth-order valence-corrected chi connectivity index (χ4v) is 4.92. The summed E-state index contributed by atoms with van der Waals surface area (Å²) in [7, 11) is 1.75. The Morgan fingerprint density at radius 3 is 2.66 bits per heavy atom. The number of hydrogen-bond acceptors (Lipinski definition) is 5. The number of H-pyrrole nitrogens is 1. The predicted octanol–water partition coefficient (Wildman–Crippen LogP) is 5.31. The van der Waals surface area contributed by atoms with Gasteiger partial charge in [0.1, 0.15) is 6.04 Å². The van der Waals surface area contributed by atoms with Gasteiger partial charge in [0.05, 0.1) is 6.61 Å². The summed E-state index contributed by atoms with van der Waals surface area (Å²) in [4.78, 5) is 43.0. The van der Waals surface area contributed by atoms with E-state index < -0.39 is 12.1 Å². The minimum Gasteiger partial charge on any atom is -0.449 e. The van der Waals surface area contributed by atoms with Gasteiger partial charge < -0.3 is 19.9 Å². The van der Waals surface area contributed by atoms with E-state index in [9.17, 15) is 14.4 Å². The highest BCUT2D eigenvalue weighted by molar-refractivity contribution is 5.89. The highest BCUT2D eigenvalue weighted by atomic mass is 16.5. The monoisotopic (exact) mass is 510 g/mol. The highest BCUT2D eigenvalue weighted by Gasteiger charge is 2.26. The summed E-state index contributed by atoms with van der Waals surface area (Å²) in [6, 6.07) is 19.9. The Morgan fingerprint density at radius 2 is 1.84 bits per heavy atom. The summed E-state index contributed by atoms with van der Waals surface area (Å²) in [6.45, 7) is 4.55. The van der Waals surface area contributed by atoms with Crippen molar-refractivity contribution in [3.8, 4) is 0 Å². The van der Waals surface area contributed by atoms with Crippen LogP contribution in [-0.2, 0) is 16.1 Å². The molecule has 0 fully saturated rings. The Morgan fingerprint density at radius 1 is 1.00 bits per heavy atom. The second-order valence-electron chi connectivity index (χ2n) is 9.82. The SMILES string of the molecule is Cc1cc2ccc1C(C)COC(=O)Nc1cccc(c1)CN(C)C(=O)[C@@H]2Nc1ccc2cc[nH]c(=O)c2c1. The minimum atomic E-state index is -0.685. The van der Waals surface area contributed by atoms with E-state index in [-0.39, 0.29) is 24.0 Å². The van der Waals surface area contributed by atoms with Crippen molar-refractivity contribution in [1.82, 2.24) is 9.88 Å². The van der Waals surface area contributed by atoms with Crippen molar-refractivity contribution in [1.29, 1.82) is 0 Å². The summed E-state index contributed by atoms with van der Waals surface area (Å²) in [5.74, 6) is -0.164. The fraction of sp³-hybridized carbons (Fsp3) is 0.233. The lowest BCUT2D eigenvalue weighted by Gasteiger charge is -2.27. The second-order valence-corrected chi connectivity index (χ2v) is 9.82. The number of hydrogen-bond donors (Lipinski definition) is 3. The first-order valence-electron chi connectivity index (χ1n) is 12.5. The Labute approximate surface area is 220 Å². The number of nitrogens with zero attached hydrogens (tertiary/aromatic N) is 1. The molecule has 2 amide bonds. The van der Waals surface area contributed by atoms with Crippen LogP contribution in [0.4, 0.5) is 16.2 Å². The number of pyridine rings is 1. The molecule has 2 aliphatic heterocycles. The summed E-state index contributed by atoms with van der Waals surface area (Å²) in [5.41, 5.74) is 4.78. The number of carbonyl (C=O) groups excluding carboxylic acids is 2. The van der Waals surface area contributed by atoms with Crippen LogP contribution < -0.4 is 16.2 Å². The average Bonchev–Trinajstić information content (AvgIpc) is 2.90. The van der Waals surface area contributed by atoms with E-state index in [1.165, 1.54) is 0 Å². The maximum Gasteiger partial charge on any atom is 0.411 e. The molecule has 4 bridgehead atoms. The predicted molar refractivity (Wildman–Crippen MR) is 148 cm³/mol. The molecule has 3 heterocycles. The largest absolute Gasteiger partial charge is 0.449 e. The number of aromatic amines is 1. The topological polar surface area (TPSA) is 104 Å². The van der Waals surface area contributed by atoms with Gasteiger partial charge in [-0.3, -0.25) is 14.9 Å². The van der Waals surface area contributed by atoms with Crippen LogP contribution in [-0.4, -0.2) is 35.5 Å². The first kappa shape index (κ1) is 25.1. The van der Waals surface area contributed by atoms with E-state index in [2.05, 4.69) is 15.6 Å². The van der Waals surface area contributed by atoms with Crippen LogP contribution in [0.3, 0.4) is 0 Å². The van der Waals surface area contributed by atoms with Gasteiger partial charge in [-0.2, -0.15) is 0 Å². The van der Waals surface area contributed by atoms with Crippen LogP contribution in [0.15, 0.2) is 77.7 Å². The van der Waals surface area contributed by atoms with Crippen LogP contribution in [0, 0.1) is 6.92 Å². The van der Waals surface area contributed by atoms with Gasteiger partial charge in [0.15, 0.2) is 0 Å². The molecule has 0 saturated carbocycles. The average molecular weight is 511 g/mol. The molecule has 4 aromatic rings. The molecule has 1 unspecified atom stereocenters. The van der Waals surface area contributed by atoms with Crippen LogP contribution in [0.25, 0.3) is 10.8 Å². The number of nitrogens with one attached hydrogen (secondary N) is 3. The smallest absolute Gasteiger partial charge is 0.411 e. The van der Waals surface area contributed by atoms with Crippen LogP contribution in [0.2, 0.25) is 0 Å². The molecule has 2 aliphatic rings. The molecule has 0 aliphatic carbocycles. The van der Waals surface area contributed by atoms with E-state index in [1.54, 1.807) is 30.3 Å². The Bertz CT molecular complexity index is 1580. The Kier molecular flexibility index (Phi) is 6.87. The van der Waals surface area contributed by atoms with E-state index in [1.807, 2.05) is 68.4 Å². The van der Waals surface area contributed by atoms with Crippen LogP contribution in [0.5, 0.6) is 0 Å². The number of aromatic nitrogens is 1. The molecule has 2 atom stereocenters. The zero-order valence-electron chi connectivity index (χ0n) is 21.6. The molecule has 194 valence electrons. The number of benzene rings is 3. The van der Waals surface area contributed by atoms with Gasteiger partial charge in [-0.05, 0) is 64.9 Å². The molecule has 0 saturated heterocycles. The van der Waals surface area contributed by atoms with Crippen LogP contribution >= 0.6 is 0 Å². The third kappa shape index (κ3) is 5.25. The maximum atomic E-state index is 13.9. The molecular formula is C30H30N4O4. The number of likely N-dealkylation sites (N-methyl/N-ethyl adjacent to an activating group) is 1. The molecule has 0 radical (unpaired) electrons. The van der Waals surface area contributed by atoms with Gasteiger partial charge >= 0.3 is 6.09 Å². The van der Waals surface area contributed by atoms with Gasteiger partial charge in [-0.25, -0.2) is 4.79 Å². The third-order valence-corrected chi connectivity index (χ3v) is 6.93. The number of aryl methyl sites for hydroxylation is 1. The molecule has 3 N–H and O–H groups in total. The van der Waals surface area contributed by atoms with Gasteiger partial charge in [-0.1, -0.05) is 43.3 Å². The minimum absolute atomic E-state index is 0.0361. The van der Waals surface area contributed by atoms with Gasteiger partial charge in [0, 0.05) is 42.5 Å². The van der Waals surface area contributed by atoms with E-state index in [4.69, 9.17) is 4.74 Å². The van der Waals surface area contributed by atoms with Gasteiger partial charge in [0.2, 0.25) is 5.91 Å². The lowest BCUT2D eigenvalue weighted by molar-refractivity contribution is -0.131. The van der Waals surface area contributed by atoms with E-state index in [0.29, 0.717) is 23.3 Å². The normalized spacial score (nSPS) is 18.2. The first-order valence-corrected chi connectivity index (χ1v) is 12.5. The Hall–Kier alpha value is -4.59. The number of amides is 2. The number of ether oxygens (including phenoxy) is 1. The molecule has 1 aromatic heterocycles. The second kappa shape index (κ2) is 10.4. The first-order chi connectivity index (χ1) is 18.3. The van der Waals surface area contributed by atoms with Crippen molar-refractivity contribution in [3.05, 3.63) is 106 Å². The summed E-state index contributed by atoms with van der Waals surface area (Å²) < 4.78 is 5.49. The number of carbonyl (C=O) groups is 2. The molecule has 38 heavy (non-hydrogen) atoms. The zero-order valence-corrected chi connectivity index (χ0v) is 21.6. The van der Waals surface area contributed by atoms with Crippen LogP contribution in [0.1, 0.15) is 41.1 Å². The molecule has 8 heteroatoms. The van der Waals surface area contributed by atoms with Gasteiger partial charge in [0.25, 0.3) is 5.56 Å². The quantitative estimate of drug-likeness (QED) is 0.339. The zero-order chi connectivity index (χ0) is 26.8. The lowest BCUT2D eigenvalue weighted by atomic mass is 9.93. The Balaban J connectivity index is 1.56. The molecule has 6 rings (SSSR count). The van der Waals surface area contributed by atoms with Crippen molar-refractivity contribution in [2.24, 2.45) is 0 Å². The number of fused-ring (bicyclic) bond motifs is 10. The van der Waals surface area contributed by atoms with Crippen molar-refractivity contribution < 1.29 is 14.3 Å². The van der Waals surface area contributed by atoms with E-state index in [0.717, 1.165) is 27.6 Å². The maximum absolute atomic E-state index is 13.9. The van der Waals surface area contributed by atoms with Gasteiger partial charge in [-0.15, -0.1) is 0 Å².